The van der Waals surface area contributed by atoms with Gasteiger partial charge in [0.05, 0.1) is 6.04 Å². The topological polar surface area (TPSA) is 59.0 Å². The molecule has 0 bridgehead atoms. The van der Waals surface area contributed by atoms with Crippen LogP contribution in [-0.4, -0.2) is 15.5 Å². The molecule has 0 radical (unpaired) electrons. The van der Waals surface area contributed by atoms with Crippen LogP contribution < -0.4 is 10.6 Å². The van der Waals surface area contributed by atoms with E-state index in [1.165, 1.54) is 13.0 Å². The second kappa shape index (κ2) is 9.30. The Morgan fingerprint density at radius 3 is 2.48 bits per heavy atom. The lowest BCUT2D eigenvalue weighted by Gasteiger charge is -2.20. The Morgan fingerprint density at radius 2 is 1.89 bits per heavy atom. The maximum atomic E-state index is 14.3. The zero-order valence-corrected chi connectivity index (χ0v) is 16.0. The van der Waals surface area contributed by atoms with Crippen LogP contribution in [0.1, 0.15) is 29.9 Å². The van der Waals surface area contributed by atoms with E-state index in [0.717, 1.165) is 17.1 Å². The van der Waals surface area contributed by atoms with Crippen LogP contribution in [0.2, 0.25) is 0 Å². The summed E-state index contributed by atoms with van der Waals surface area (Å²) in [5.74, 6) is 0.365. The quantitative estimate of drug-likeness (QED) is 0.675. The molecule has 0 saturated carbocycles. The highest BCUT2D eigenvalue weighted by Crippen LogP contribution is 2.23. The highest BCUT2D eigenvalue weighted by molar-refractivity contribution is 5.88. The average molecular weight is 389 g/mol. The Balaban J connectivity index is 0.00000261. The Labute approximate surface area is 164 Å². The van der Waals surface area contributed by atoms with Gasteiger partial charge in [0.2, 0.25) is 5.91 Å². The molecule has 1 aromatic heterocycles. The van der Waals surface area contributed by atoms with Gasteiger partial charge in [-0.15, -0.1) is 12.4 Å². The van der Waals surface area contributed by atoms with Gasteiger partial charge < -0.3 is 9.88 Å². The summed E-state index contributed by atoms with van der Waals surface area (Å²) in [7, 11) is 1.89. The first-order valence-electron chi connectivity index (χ1n) is 8.36. The van der Waals surface area contributed by atoms with Crippen LogP contribution in [0.4, 0.5) is 10.1 Å². The van der Waals surface area contributed by atoms with Gasteiger partial charge in [-0.3, -0.25) is 10.1 Å². The molecule has 0 aliphatic rings. The van der Waals surface area contributed by atoms with Crippen molar-refractivity contribution in [3.63, 3.8) is 0 Å². The first kappa shape index (κ1) is 20.6. The van der Waals surface area contributed by atoms with E-state index in [4.69, 9.17) is 0 Å². The number of halogens is 2. The van der Waals surface area contributed by atoms with Gasteiger partial charge in [0.1, 0.15) is 11.6 Å². The molecule has 3 rings (SSSR count). The number of nitrogens with zero attached hydrogens (tertiary/aromatic N) is 2. The molecule has 1 unspecified atom stereocenters. The fourth-order valence-corrected chi connectivity index (χ4v) is 2.83. The van der Waals surface area contributed by atoms with Crippen LogP contribution in [0.25, 0.3) is 0 Å². The van der Waals surface area contributed by atoms with Gasteiger partial charge in [-0.05, 0) is 23.8 Å². The lowest BCUT2D eigenvalue weighted by Crippen LogP contribution is -2.25. The lowest BCUT2D eigenvalue weighted by molar-refractivity contribution is -0.114. The van der Waals surface area contributed by atoms with E-state index >= 15 is 0 Å². The summed E-state index contributed by atoms with van der Waals surface area (Å²) in [6.45, 7) is 2.01. The minimum absolute atomic E-state index is 0. The van der Waals surface area contributed by atoms with Gasteiger partial charge in [-0.2, -0.15) is 0 Å². The number of aromatic nitrogens is 2. The van der Waals surface area contributed by atoms with Crippen molar-refractivity contribution in [2.24, 2.45) is 7.05 Å². The van der Waals surface area contributed by atoms with Crippen LogP contribution in [0.3, 0.4) is 0 Å². The molecule has 0 aliphatic heterocycles. The van der Waals surface area contributed by atoms with Crippen LogP contribution >= 0.6 is 12.4 Å². The maximum absolute atomic E-state index is 14.3. The molecule has 1 amide bonds. The van der Waals surface area contributed by atoms with Crippen molar-refractivity contribution >= 4 is 24.0 Å². The molecule has 0 fully saturated rings. The standard InChI is InChI=1S/C20H21FN4O.ClH/c1-14(26)24-16-9-7-15(8-10-16)13-23-19(20-22-11-12-25(20)2)17-5-3-4-6-18(17)21;/h3-12,19,23H,13H2,1-2H3,(H,24,26);1H. The van der Waals surface area contributed by atoms with Crippen molar-refractivity contribution in [1.29, 1.82) is 0 Å². The summed E-state index contributed by atoms with van der Waals surface area (Å²) in [6.07, 6.45) is 3.54. The van der Waals surface area contributed by atoms with Crippen molar-refractivity contribution in [2.75, 3.05) is 5.32 Å². The second-order valence-electron chi connectivity index (χ2n) is 6.11. The van der Waals surface area contributed by atoms with E-state index in [9.17, 15) is 9.18 Å². The number of aryl methyl sites for hydroxylation is 1. The summed E-state index contributed by atoms with van der Waals surface area (Å²) < 4.78 is 16.2. The average Bonchev–Trinajstić information content (AvgIpc) is 3.03. The van der Waals surface area contributed by atoms with E-state index in [2.05, 4.69) is 15.6 Å². The predicted molar refractivity (Wildman–Crippen MR) is 106 cm³/mol. The molecule has 27 heavy (non-hydrogen) atoms. The van der Waals surface area contributed by atoms with Gasteiger partial charge in [0, 0.05) is 44.2 Å². The molecule has 7 heteroatoms. The first-order valence-corrected chi connectivity index (χ1v) is 8.36. The van der Waals surface area contributed by atoms with Crippen molar-refractivity contribution < 1.29 is 9.18 Å². The van der Waals surface area contributed by atoms with E-state index in [1.54, 1.807) is 18.3 Å². The number of hydrogen-bond acceptors (Lipinski definition) is 3. The number of carbonyl (C=O) groups is 1. The third kappa shape index (κ3) is 5.15. The number of anilines is 1. The smallest absolute Gasteiger partial charge is 0.221 e. The zero-order chi connectivity index (χ0) is 18.5. The highest BCUT2D eigenvalue weighted by atomic mass is 35.5. The maximum Gasteiger partial charge on any atom is 0.221 e. The minimum atomic E-state index is -0.369. The number of nitrogens with one attached hydrogen (secondary N) is 2. The number of hydrogen-bond donors (Lipinski definition) is 2. The molecule has 5 nitrogen and oxygen atoms in total. The molecule has 3 aromatic rings. The van der Waals surface area contributed by atoms with Gasteiger partial charge in [-0.25, -0.2) is 9.37 Å². The first-order chi connectivity index (χ1) is 12.5. The van der Waals surface area contributed by atoms with E-state index in [0.29, 0.717) is 12.1 Å². The van der Waals surface area contributed by atoms with E-state index in [-0.39, 0.29) is 30.2 Å². The van der Waals surface area contributed by atoms with Gasteiger partial charge in [0.15, 0.2) is 0 Å². The normalized spacial score (nSPS) is 11.5. The molecule has 142 valence electrons. The molecule has 1 heterocycles. The molecule has 2 aromatic carbocycles. The fraction of sp³-hybridized carbons (Fsp3) is 0.200. The molecule has 0 saturated heterocycles. The SMILES string of the molecule is CC(=O)Nc1ccc(CNC(c2ccccc2F)c2nccn2C)cc1.Cl. The summed E-state index contributed by atoms with van der Waals surface area (Å²) in [5, 5.41) is 6.12. The lowest BCUT2D eigenvalue weighted by atomic mass is 10.0. The number of rotatable bonds is 6. The van der Waals surface area contributed by atoms with Gasteiger partial charge in [0.25, 0.3) is 0 Å². The Hall–Kier alpha value is -2.70. The molecule has 0 spiro atoms. The summed E-state index contributed by atoms with van der Waals surface area (Å²) in [6, 6.07) is 13.9. The monoisotopic (exact) mass is 388 g/mol. The zero-order valence-electron chi connectivity index (χ0n) is 15.1. The number of carbonyl (C=O) groups excluding carboxylic acids is 1. The van der Waals surface area contributed by atoms with E-state index in [1.807, 2.05) is 48.1 Å². The Kier molecular flexibility index (Phi) is 7.10. The van der Waals surface area contributed by atoms with Crippen molar-refractivity contribution in [3.8, 4) is 0 Å². The predicted octanol–water partition coefficient (Wildman–Crippen LogP) is 3.82. The summed E-state index contributed by atoms with van der Waals surface area (Å²) >= 11 is 0. The molecular formula is C20H22ClFN4O. The van der Waals surface area contributed by atoms with Gasteiger partial charge in [-0.1, -0.05) is 30.3 Å². The van der Waals surface area contributed by atoms with Crippen LogP contribution in [0.5, 0.6) is 0 Å². The van der Waals surface area contributed by atoms with Crippen molar-refractivity contribution in [2.45, 2.75) is 19.5 Å². The van der Waals surface area contributed by atoms with Gasteiger partial charge >= 0.3 is 0 Å². The van der Waals surface area contributed by atoms with Crippen molar-refractivity contribution in [3.05, 3.63) is 83.7 Å². The van der Waals surface area contributed by atoms with Crippen LogP contribution in [0.15, 0.2) is 60.9 Å². The third-order valence-corrected chi connectivity index (χ3v) is 4.12. The largest absolute Gasteiger partial charge is 0.336 e. The molecule has 2 N–H and O–H groups in total. The second-order valence-corrected chi connectivity index (χ2v) is 6.11. The fourth-order valence-electron chi connectivity index (χ4n) is 2.83. The molecular weight excluding hydrogens is 367 g/mol. The Morgan fingerprint density at radius 1 is 1.19 bits per heavy atom. The molecule has 0 aliphatic carbocycles. The summed E-state index contributed by atoms with van der Waals surface area (Å²) in [5.41, 5.74) is 2.32. The summed E-state index contributed by atoms with van der Waals surface area (Å²) in [4.78, 5) is 15.5. The third-order valence-electron chi connectivity index (χ3n) is 4.12. The van der Waals surface area contributed by atoms with E-state index < -0.39 is 0 Å². The van der Waals surface area contributed by atoms with Crippen molar-refractivity contribution in [1.82, 2.24) is 14.9 Å². The number of amides is 1. The molecule has 1 atom stereocenters. The number of imidazole rings is 1. The minimum Gasteiger partial charge on any atom is -0.336 e. The van der Waals surface area contributed by atoms with Crippen LogP contribution in [0, 0.1) is 5.82 Å². The number of benzene rings is 2. The Bertz CT molecular complexity index is 895. The van der Waals surface area contributed by atoms with Crippen LogP contribution in [-0.2, 0) is 18.4 Å². The highest BCUT2D eigenvalue weighted by Gasteiger charge is 2.20.